The first-order valence-electron chi connectivity index (χ1n) is 8.18. The van der Waals surface area contributed by atoms with E-state index >= 15 is 0 Å². The molecule has 0 unspecified atom stereocenters. The van der Waals surface area contributed by atoms with Crippen molar-refractivity contribution in [3.8, 4) is 5.75 Å². The van der Waals surface area contributed by atoms with Crippen LogP contribution in [-0.2, 0) is 25.7 Å². The fourth-order valence-corrected chi connectivity index (χ4v) is 3.98. The predicted molar refractivity (Wildman–Crippen MR) is 97.3 cm³/mol. The first-order valence-corrected chi connectivity index (χ1v) is 9.22. The van der Waals surface area contributed by atoms with Crippen molar-refractivity contribution < 1.29 is 28.7 Å². The number of fused-ring (bicyclic) bond motifs is 1. The highest BCUT2D eigenvalue weighted by Crippen LogP contribution is 2.33. The molecule has 27 heavy (non-hydrogen) atoms. The van der Waals surface area contributed by atoms with Crippen molar-refractivity contribution in [1.82, 2.24) is 4.90 Å². The van der Waals surface area contributed by atoms with Gasteiger partial charge in [0.1, 0.15) is 11.0 Å². The Bertz CT molecular complexity index is 796. The monoisotopic (exact) mass is 394 g/mol. The number of nitro groups is 1. The molecule has 1 atom stereocenters. The number of benzene rings is 1. The lowest BCUT2D eigenvalue weighted by atomic mass is 10.1. The normalized spacial score (nSPS) is 19.3. The molecule has 1 saturated heterocycles. The maximum absolute atomic E-state index is 12.5. The number of methoxy groups -OCH3 is 1. The Morgan fingerprint density at radius 1 is 1.44 bits per heavy atom. The highest BCUT2D eigenvalue weighted by molar-refractivity contribution is 8.00. The van der Waals surface area contributed by atoms with E-state index in [1.807, 2.05) is 0 Å². The van der Waals surface area contributed by atoms with E-state index in [0.717, 1.165) is 0 Å². The Labute approximate surface area is 159 Å². The topological polar surface area (TPSA) is 108 Å². The zero-order valence-corrected chi connectivity index (χ0v) is 15.4. The van der Waals surface area contributed by atoms with E-state index in [-0.39, 0.29) is 37.5 Å². The number of ether oxygens (including phenoxy) is 3. The van der Waals surface area contributed by atoms with Crippen molar-refractivity contribution in [3.05, 3.63) is 39.4 Å². The number of rotatable bonds is 4. The molecular weight excluding hydrogens is 376 g/mol. The fraction of sp³-hybridized carbons (Fsp3) is 0.412. The summed E-state index contributed by atoms with van der Waals surface area (Å²) in [5.74, 6) is 0.461. The molecule has 0 aromatic heterocycles. The van der Waals surface area contributed by atoms with Gasteiger partial charge in [0.2, 0.25) is 5.91 Å². The third kappa shape index (κ3) is 4.40. The van der Waals surface area contributed by atoms with E-state index in [0.29, 0.717) is 29.2 Å². The van der Waals surface area contributed by atoms with Crippen LogP contribution >= 0.6 is 11.8 Å². The Morgan fingerprint density at radius 2 is 2.26 bits per heavy atom. The van der Waals surface area contributed by atoms with Crippen LogP contribution in [0.25, 0.3) is 6.08 Å². The van der Waals surface area contributed by atoms with Gasteiger partial charge in [0, 0.05) is 48.2 Å². The van der Waals surface area contributed by atoms with Crippen molar-refractivity contribution in [1.29, 1.82) is 0 Å². The molecule has 1 aromatic carbocycles. The molecule has 2 aliphatic rings. The lowest BCUT2D eigenvalue weighted by molar-refractivity contribution is -0.385. The van der Waals surface area contributed by atoms with Gasteiger partial charge in [0.25, 0.3) is 5.69 Å². The van der Waals surface area contributed by atoms with Gasteiger partial charge in [-0.25, -0.2) is 0 Å². The predicted octanol–water partition coefficient (Wildman–Crippen LogP) is 1.59. The summed E-state index contributed by atoms with van der Waals surface area (Å²) in [5, 5.41) is 10.7. The van der Waals surface area contributed by atoms with Gasteiger partial charge in [-0.1, -0.05) is 0 Å². The molecular formula is C17H18N2O7S. The molecule has 9 nitrogen and oxygen atoms in total. The number of thioether (sulfide) groups is 1. The molecule has 0 radical (unpaired) electrons. The minimum atomic E-state index is -0.503. The van der Waals surface area contributed by atoms with E-state index in [2.05, 4.69) is 0 Å². The van der Waals surface area contributed by atoms with Crippen LogP contribution in [-0.4, -0.2) is 59.7 Å². The number of nitro benzene ring substituents is 1. The van der Waals surface area contributed by atoms with Crippen LogP contribution in [0, 0.1) is 10.1 Å². The third-order valence-electron chi connectivity index (χ3n) is 4.18. The standard InChI is InChI=1S/C17H18N2O7S/c1-24-17(21)14-8-18(4-5-27-14)15(20)3-2-11-6-13(19(22)23)7-12-9-25-10-26-16(11)12/h2-3,6-7,14H,4-5,8-10H2,1H3/b3-2+/t14-/m0/s1. The number of non-ortho nitro benzene ring substituents is 1. The van der Waals surface area contributed by atoms with Gasteiger partial charge in [-0.05, 0) is 6.08 Å². The summed E-state index contributed by atoms with van der Waals surface area (Å²) in [6.07, 6.45) is 2.83. The van der Waals surface area contributed by atoms with Crippen LogP contribution in [0.2, 0.25) is 0 Å². The maximum atomic E-state index is 12.5. The van der Waals surface area contributed by atoms with Crippen LogP contribution in [0.3, 0.4) is 0 Å². The van der Waals surface area contributed by atoms with Crippen LogP contribution in [0.4, 0.5) is 5.69 Å². The van der Waals surface area contributed by atoms with Gasteiger partial charge >= 0.3 is 5.97 Å². The maximum Gasteiger partial charge on any atom is 0.320 e. The largest absolute Gasteiger partial charge is 0.468 e. The molecule has 3 rings (SSSR count). The number of esters is 1. The van der Waals surface area contributed by atoms with Crippen molar-refractivity contribution in [2.45, 2.75) is 11.9 Å². The molecule has 1 amide bonds. The zero-order valence-electron chi connectivity index (χ0n) is 14.6. The highest BCUT2D eigenvalue weighted by atomic mass is 32.2. The summed E-state index contributed by atoms with van der Waals surface area (Å²) in [4.78, 5) is 36.4. The van der Waals surface area contributed by atoms with Gasteiger partial charge in [0.15, 0.2) is 6.79 Å². The van der Waals surface area contributed by atoms with Crippen molar-refractivity contribution in [2.75, 3.05) is 32.7 Å². The Morgan fingerprint density at radius 3 is 3.00 bits per heavy atom. The van der Waals surface area contributed by atoms with Crippen LogP contribution in [0.1, 0.15) is 11.1 Å². The second-order valence-electron chi connectivity index (χ2n) is 5.89. The van der Waals surface area contributed by atoms with Crippen LogP contribution < -0.4 is 4.74 Å². The second-order valence-corrected chi connectivity index (χ2v) is 7.20. The van der Waals surface area contributed by atoms with E-state index < -0.39 is 10.2 Å². The molecule has 1 aromatic rings. The van der Waals surface area contributed by atoms with Crippen molar-refractivity contribution in [3.63, 3.8) is 0 Å². The first-order chi connectivity index (χ1) is 13.0. The highest BCUT2D eigenvalue weighted by Gasteiger charge is 2.29. The average Bonchev–Trinajstić information content (AvgIpc) is 2.70. The van der Waals surface area contributed by atoms with Gasteiger partial charge < -0.3 is 19.1 Å². The third-order valence-corrected chi connectivity index (χ3v) is 5.34. The van der Waals surface area contributed by atoms with Gasteiger partial charge in [-0.15, -0.1) is 11.8 Å². The molecule has 0 bridgehead atoms. The number of amides is 1. The molecule has 0 aliphatic carbocycles. The van der Waals surface area contributed by atoms with Crippen LogP contribution in [0.5, 0.6) is 5.75 Å². The first kappa shape index (κ1) is 19.2. The van der Waals surface area contributed by atoms with E-state index in [1.54, 1.807) is 4.90 Å². The fourth-order valence-electron chi connectivity index (χ4n) is 2.85. The molecule has 144 valence electrons. The lowest BCUT2D eigenvalue weighted by Gasteiger charge is -2.30. The summed E-state index contributed by atoms with van der Waals surface area (Å²) in [6.45, 7) is 1.02. The van der Waals surface area contributed by atoms with E-state index in [9.17, 15) is 19.7 Å². The molecule has 1 fully saturated rings. The molecule has 10 heteroatoms. The van der Waals surface area contributed by atoms with E-state index in [1.165, 1.54) is 43.2 Å². The SMILES string of the molecule is COC(=O)[C@@H]1CN(C(=O)/C=C/c2cc([N+](=O)[O-])cc3c2OCOC3)CCS1. The molecule has 0 saturated carbocycles. The number of nitrogens with zero attached hydrogens (tertiary/aromatic N) is 2. The Balaban J connectivity index is 1.79. The van der Waals surface area contributed by atoms with Gasteiger partial charge in [-0.3, -0.25) is 19.7 Å². The number of carbonyl (C=O) groups is 2. The van der Waals surface area contributed by atoms with Gasteiger partial charge in [0.05, 0.1) is 18.6 Å². The number of hydrogen-bond donors (Lipinski definition) is 0. The summed E-state index contributed by atoms with van der Waals surface area (Å²) < 4.78 is 15.3. The zero-order chi connectivity index (χ0) is 19.4. The van der Waals surface area contributed by atoms with Gasteiger partial charge in [-0.2, -0.15) is 0 Å². The molecule has 0 N–H and O–H groups in total. The summed E-state index contributed by atoms with van der Waals surface area (Å²) in [7, 11) is 1.32. The number of hydrogen-bond acceptors (Lipinski definition) is 8. The van der Waals surface area contributed by atoms with Crippen molar-refractivity contribution in [2.24, 2.45) is 0 Å². The molecule has 2 heterocycles. The van der Waals surface area contributed by atoms with Crippen LogP contribution in [0.15, 0.2) is 18.2 Å². The number of carbonyl (C=O) groups excluding carboxylic acids is 2. The second kappa shape index (κ2) is 8.40. The smallest absolute Gasteiger partial charge is 0.320 e. The summed E-state index contributed by atoms with van der Waals surface area (Å²) in [5.41, 5.74) is 0.893. The Hall–Kier alpha value is -2.59. The van der Waals surface area contributed by atoms with E-state index in [4.69, 9.17) is 14.2 Å². The quantitative estimate of drug-likeness (QED) is 0.328. The lowest BCUT2D eigenvalue weighted by Crippen LogP contribution is -2.44. The minimum Gasteiger partial charge on any atom is -0.468 e. The average molecular weight is 394 g/mol. The molecule has 0 spiro atoms. The summed E-state index contributed by atoms with van der Waals surface area (Å²) in [6, 6.07) is 2.76. The summed E-state index contributed by atoms with van der Waals surface area (Å²) >= 11 is 1.45. The van der Waals surface area contributed by atoms with Crippen molar-refractivity contribution >= 4 is 35.4 Å². The minimum absolute atomic E-state index is 0.0454. The Kier molecular flexibility index (Phi) is 5.97. The molecule has 2 aliphatic heterocycles.